The van der Waals surface area contributed by atoms with Gasteiger partial charge in [0.1, 0.15) is 11.5 Å². The number of anilines is 1. The molecule has 1 unspecified atom stereocenters. The van der Waals surface area contributed by atoms with Gasteiger partial charge in [0.25, 0.3) is 5.91 Å². The van der Waals surface area contributed by atoms with Crippen molar-refractivity contribution in [3.05, 3.63) is 52.5 Å². The first-order valence-corrected chi connectivity index (χ1v) is 11.3. The molecule has 0 bridgehead atoms. The fourth-order valence-electron chi connectivity index (χ4n) is 4.36. The molecule has 0 spiro atoms. The molecule has 0 fully saturated rings. The predicted octanol–water partition coefficient (Wildman–Crippen LogP) is 5.38. The molecule has 1 N–H and O–H groups in total. The third kappa shape index (κ3) is 5.36. The Hall–Kier alpha value is -2.73. The maximum atomic E-state index is 12.1. The fourth-order valence-corrected chi connectivity index (χ4v) is 4.55. The highest BCUT2D eigenvalue weighted by Gasteiger charge is 2.36. The van der Waals surface area contributed by atoms with Crippen LogP contribution < -0.4 is 19.8 Å². The van der Waals surface area contributed by atoms with Gasteiger partial charge in [-0.25, -0.2) is 5.43 Å². The maximum absolute atomic E-state index is 12.1. The lowest BCUT2D eigenvalue weighted by atomic mass is 9.79. The summed E-state index contributed by atoms with van der Waals surface area (Å²) in [4.78, 5) is 14.6. The van der Waals surface area contributed by atoms with E-state index < -0.39 is 0 Å². The second kappa shape index (κ2) is 10.3. The Kier molecular flexibility index (Phi) is 7.67. The average molecular weight is 458 g/mol. The average Bonchev–Trinajstić information content (AvgIpc) is 2.75. The monoisotopic (exact) mass is 457 g/mol. The molecule has 3 rings (SSSR count). The Labute approximate surface area is 195 Å². The molecule has 0 saturated carbocycles. The summed E-state index contributed by atoms with van der Waals surface area (Å²) < 4.78 is 11.1. The van der Waals surface area contributed by atoms with E-state index in [-0.39, 0.29) is 18.1 Å². The van der Waals surface area contributed by atoms with Crippen molar-refractivity contribution < 1.29 is 14.3 Å². The van der Waals surface area contributed by atoms with Gasteiger partial charge in [-0.3, -0.25) is 4.79 Å². The Morgan fingerprint density at radius 1 is 1.31 bits per heavy atom. The van der Waals surface area contributed by atoms with Gasteiger partial charge < -0.3 is 14.4 Å². The Balaban J connectivity index is 1.74. The van der Waals surface area contributed by atoms with Crippen molar-refractivity contribution in [3.63, 3.8) is 0 Å². The van der Waals surface area contributed by atoms with E-state index in [1.165, 1.54) is 11.3 Å². The van der Waals surface area contributed by atoms with E-state index in [0.29, 0.717) is 16.7 Å². The van der Waals surface area contributed by atoms with E-state index in [2.05, 4.69) is 55.3 Å². The van der Waals surface area contributed by atoms with E-state index in [0.717, 1.165) is 30.7 Å². The second-order valence-electron chi connectivity index (χ2n) is 8.73. The lowest BCUT2D eigenvalue weighted by Gasteiger charge is -2.47. The quantitative estimate of drug-likeness (QED) is 0.427. The van der Waals surface area contributed by atoms with Gasteiger partial charge >= 0.3 is 0 Å². The number of methoxy groups -OCH3 is 1. The number of carbonyl (C=O) groups excluding carboxylic acids is 1. The first-order valence-electron chi connectivity index (χ1n) is 11.0. The van der Waals surface area contributed by atoms with Gasteiger partial charge in [-0.15, -0.1) is 0 Å². The van der Waals surface area contributed by atoms with Crippen LogP contribution in [0.5, 0.6) is 11.5 Å². The van der Waals surface area contributed by atoms with Gasteiger partial charge in [0, 0.05) is 29.4 Å². The molecule has 2 aromatic carbocycles. The minimum atomic E-state index is -0.373. The summed E-state index contributed by atoms with van der Waals surface area (Å²) in [5, 5.41) is 4.57. The van der Waals surface area contributed by atoms with Crippen LogP contribution in [0.25, 0.3) is 0 Å². The first-order chi connectivity index (χ1) is 15.3. The van der Waals surface area contributed by atoms with Gasteiger partial charge in [-0.05, 0) is 56.4 Å². The Bertz CT molecular complexity index is 990. The third-order valence-corrected chi connectivity index (χ3v) is 6.08. The highest BCUT2D eigenvalue weighted by Crippen LogP contribution is 2.45. The number of hydrogen-bond donors (Lipinski definition) is 1. The zero-order valence-corrected chi connectivity index (χ0v) is 20.2. The van der Waals surface area contributed by atoms with E-state index >= 15 is 0 Å². The van der Waals surface area contributed by atoms with Gasteiger partial charge in [-0.2, -0.15) is 5.10 Å². The number of ether oxygens (including phenoxy) is 2. The fraction of sp³-hybridized carbons (Fsp3) is 0.440. The normalized spacial score (nSPS) is 17.2. The largest absolute Gasteiger partial charge is 0.496 e. The zero-order chi connectivity index (χ0) is 23.3. The van der Waals surface area contributed by atoms with Gasteiger partial charge in [0.15, 0.2) is 6.61 Å². The van der Waals surface area contributed by atoms with E-state index in [9.17, 15) is 4.79 Å². The van der Waals surface area contributed by atoms with Crippen molar-refractivity contribution in [3.8, 4) is 11.5 Å². The van der Waals surface area contributed by atoms with Crippen LogP contribution in [0, 0.1) is 0 Å². The molecule has 1 amide bonds. The number of halogens is 1. The summed E-state index contributed by atoms with van der Waals surface area (Å²) in [5.41, 5.74) is 5.89. The van der Waals surface area contributed by atoms with Gasteiger partial charge in [0.2, 0.25) is 0 Å². The van der Waals surface area contributed by atoms with Crippen LogP contribution >= 0.6 is 11.6 Å². The number of nitrogens with one attached hydrogen (secondary N) is 1. The van der Waals surface area contributed by atoms with Crippen molar-refractivity contribution in [2.24, 2.45) is 5.10 Å². The number of fused-ring (bicyclic) bond motifs is 1. The highest BCUT2D eigenvalue weighted by molar-refractivity contribution is 6.32. The summed E-state index contributed by atoms with van der Waals surface area (Å²) in [5.74, 6) is 1.21. The number of hydrazone groups is 1. The number of benzene rings is 2. The molecule has 1 aliphatic rings. The SMILES string of the molecule is CCCN1c2cc(OC)c(/C=N/NC(=O)COc3ccccc3Cl)cc2C(C)CC1(C)C. The summed E-state index contributed by atoms with van der Waals surface area (Å²) in [6.45, 7) is 9.86. The summed E-state index contributed by atoms with van der Waals surface area (Å²) in [6, 6.07) is 11.2. The first kappa shape index (κ1) is 23.9. The Morgan fingerprint density at radius 2 is 2.06 bits per heavy atom. The van der Waals surface area contributed by atoms with E-state index in [4.69, 9.17) is 21.1 Å². The van der Waals surface area contributed by atoms with Crippen molar-refractivity contribution in [2.75, 3.05) is 25.2 Å². The molecule has 172 valence electrons. The third-order valence-electron chi connectivity index (χ3n) is 5.77. The highest BCUT2D eigenvalue weighted by atomic mass is 35.5. The van der Waals surface area contributed by atoms with Crippen LogP contribution in [0.1, 0.15) is 57.6 Å². The van der Waals surface area contributed by atoms with Crippen LogP contribution in [0.4, 0.5) is 5.69 Å². The summed E-state index contributed by atoms with van der Waals surface area (Å²) >= 11 is 6.04. The van der Waals surface area contributed by atoms with Crippen LogP contribution in [0.15, 0.2) is 41.5 Å². The summed E-state index contributed by atoms with van der Waals surface area (Å²) in [7, 11) is 1.65. The number of carbonyl (C=O) groups is 1. The molecule has 32 heavy (non-hydrogen) atoms. The molecule has 6 nitrogen and oxygen atoms in total. The molecular formula is C25H32ClN3O3. The standard InChI is InChI=1S/C25H32ClN3O3/c1-6-11-29-21-13-23(31-5)18(12-19(21)17(2)14-25(29,3)4)15-27-28-24(30)16-32-22-10-8-7-9-20(22)26/h7-10,12-13,15,17H,6,11,14,16H2,1-5H3,(H,28,30)/b27-15+. The Morgan fingerprint density at radius 3 is 2.75 bits per heavy atom. The van der Waals surface area contributed by atoms with Crippen molar-refractivity contribution >= 4 is 29.4 Å². The number of nitrogens with zero attached hydrogens (tertiary/aromatic N) is 2. The van der Waals surface area contributed by atoms with Crippen molar-refractivity contribution in [2.45, 2.75) is 52.0 Å². The maximum Gasteiger partial charge on any atom is 0.277 e. The lowest BCUT2D eigenvalue weighted by Crippen LogP contribution is -2.48. The number of hydrogen-bond acceptors (Lipinski definition) is 5. The van der Waals surface area contributed by atoms with Crippen LogP contribution in [-0.2, 0) is 4.79 Å². The van der Waals surface area contributed by atoms with Crippen LogP contribution in [0.3, 0.4) is 0 Å². The smallest absolute Gasteiger partial charge is 0.277 e. The van der Waals surface area contributed by atoms with Crippen molar-refractivity contribution in [1.82, 2.24) is 5.43 Å². The number of amides is 1. The molecule has 0 saturated heterocycles. The summed E-state index contributed by atoms with van der Waals surface area (Å²) in [6.07, 6.45) is 3.76. The number of rotatable bonds is 8. The predicted molar refractivity (Wildman–Crippen MR) is 130 cm³/mol. The minimum absolute atomic E-state index is 0.0820. The molecule has 1 heterocycles. The molecule has 1 atom stereocenters. The van der Waals surface area contributed by atoms with Crippen LogP contribution in [-0.4, -0.2) is 37.9 Å². The molecule has 1 aliphatic heterocycles. The zero-order valence-electron chi connectivity index (χ0n) is 19.4. The number of para-hydroxylation sites is 1. The lowest BCUT2D eigenvalue weighted by molar-refractivity contribution is -0.123. The van der Waals surface area contributed by atoms with Crippen molar-refractivity contribution in [1.29, 1.82) is 0 Å². The van der Waals surface area contributed by atoms with E-state index in [1.54, 1.807) is 37.6 Å². The molecular weight excluding hydrogens is 426 g/mol. The van der Waals surface area contributed by atoms with Gasteiger partial charge in [-0.1, -0.05) is 37.6 Å². The topological polar surface area (TPSA) is 63.2 Å². The molecule has 7 heteroatoms. The molecule has 0 aromatic heterocycles. The molecule has 0 radical (unpaired) electrons. The molecule has 2 aromatic rings. The van der Waals surface area contributed by atoms with E-state index in [1.807, 2.05) is 0 Å². The second-order valence-corrected chi connectivity index (χ2v) is 9.14. The molecule has 0 aliphatic carbocycles. The van der Waals surface area contributed by atoms with Crippen LogP contribution in [0.2, 0.25) is 5.02 Å². The van der Waals surface area contributed by atoms with Gasteiger partial charge in [0.05, 0.1) is 18.3 Å². The minimum Gasteiger partial charge on any atom is -0.496 e.